The third-order valence-electron chi connectivity index (χ3n) is 3.09. The first-order valence-corrected chi connectivity index (χ1v) is 7.62. The molecule has 1 fully saturated rings. The van der Waals surface area contributed by atoms with Gasteiger partial charge in [0.15, 0.2) is 0 Å². The van der Waals surface area contributed by atoms with Gasteiger partial charge in [-0.1, -0.05) is 41.6 Å². The van der Waals surface area contributed by atoms with Gasteiger partial charge in [0.05, 0.1) is 6.04 Å². The van der Waals surface area contributed by atoms with Crippen LogP contribution < -0.4 is 5.32 Å². The normalized spacial score (nSPS) is 18.9. The highest BCUT2D eigenvalue weighted by Gasteiger charge is 2.22. The van der Waals surface area contributed by atoms with E-state index in [-0.39, 0.29) is 6.04 Å². The van der Waals surface area contributed by atoms with Crippen molar-refractivity contribution in [1.82, 2.24) is 15.5 Å². The van der Waals surface area contributed by atoms with Crippen LogP contribution in [-0.4, -0.2) is 16.7 Å². The number of benzene rings is 1. The molecule has 1 saturated heterocycles. The van der Waals surface area contributed by atoms with Gasteiger partial charge in [-0.15, -0.1) is 10.2 Å². The van der Waals surface area contributed by atoms with Crippen molar-refractivity contribution in [3.05, 3.63) is 40.7 Å². The Balaban J connectivity index is 1.63. The van der Waals surface area contributed by atoms with Crippen LogP contribution >= 0.6 is 23.4 Å². The lowest BCUT2D eigenvalue weighted by atomic mass is 10.2. The minimum Gasteiger partial charge on any atom is -0.414 e. The summed E-state index contributed by atoms with van der Waals surface area (Å²) in [5.41, 5.74) is 1.08. The van der Waals surface area contributed by atoms with Crippen molar-refractivity contribution in [3.8, 4) is 0 Å². The minimum absolute atomic E-state index is 0.224. The Morgan fingerprint density at radius 1 is 1.37 bits per heavy atom. The monoisotopic (exact) mass is 295 g/mol. The number of hydrogen-bond donors (Lipinski definition) is 1. The number of rotatable bonds is 4. The Bertz CT molecular complexity index is 554. The first-order valence-electron chi connectivity index (χ1n) is 6.26. The maximum Gasteiger partial charge on any atom is 0.276 e. The van der Waals surface area contributed by atoms with Crippen molar-refractivity contribution in [1.29, 1.82) is 0 Å². The van der Waals surface area contributed by atoms with Crippen LogP contribution in [0.3, 0.4) is 0 Å². The van der Waals surface area contributed by atoms with Gasteiger partial charge in [0, 0.05) is 10.8 Å². The highest BCUT2D eigenvalue weighted by molar-refractivity contribution is 7.98. The van der Waals surface area contributed by atoms with Crippen molar-refractivity contribution in [3.63, 3.8) is 0 Å². The van der Waals surface area contributed by atoms with E-state index in [9.17, 15) is 0 Å². The molecule has 2 aromatic rings. The number of nitrogens with zero attached hydrogens (tertiary/aromatic N) is 2. The molecule has 1 aliphatic heterocycles. The summed E-state index contributed by atoms with van der Waals surface area (Å²) in [4.78, 5) is 0. The molecule has 100 valence electrons. The van der Waals surface area contributed by atoms with E-state index in [2.05, 4.69) is 15.5 Å². The maximum atomic E-state index is 6.11. The second kappa shape index (κ2) is 5.94. The standard InChI is InChI=1S/C13H14ClN3OS/c14-10-5-2-1-4-9(10)8-19-13-17-16-12(18-13)11-6-3-7-15-11/h1-2,4-5,11,15H,3,6-8H2/t11-/m0/s1. The highest BCUT2D eigenvalue weighted by Crippen LogP contribution is 2.28. The number of aromatic nitrogens is 2. The van der Waals surface area contributed by atoms with Gasteiger partial charge in [0.1, 0.15) is 0 Å². The highest BCUT2D eigenvalue weighted by atomic mass is 35.5. The second-order valence-corrected chi connectivity index (χ2v) is 5.77. The summed E-state index contributed by atoms with van der Waals surface area (Å²) in [5.74, 6) is 1.43. The molecule has 1 atom stereocenters. The number of nitrogens with one attached hydrogen (secondary N) is 1. The molecule has 0 saturated carbocycles. The molecule has 4 nitrogen and oxygen atoms in total. The summed E-state index contributed by atoms with van der Waals surface area (Å²) in [6.45, 7) is 1.02. The van der Waals surface area contributed by atoms with Crippen LogP contribution in [0, 0.1) is 0 Å². The summed E-state index contributed by atoms with van der Waals surface area (Å²) in [7, 11) is 0. The average Bonchev–Trinajstić information content (AvgIpc) is 3.09. The Hall–Kier alpha value is -1.04. The minimum atomic E-state index is 0.224. The van der Waals surface area contributed by atoms with Gasteiger partial charge < -0.3 is 9.73 Å². The van der Waals surface area contributed by atoms with E-state index < -0.39 is 0 Å². The van der Waals surface area contributed by atoms with Gasteiger partial charge >= 0.3 is 0 Å². The quantitative estimate of drug-likeness (QED) is 0.876. The van der Waals surface area contributed by atoms with Gasteiger partial charge in [0.25, 0.3) is 5.22 Å². The first kappa shape index (κ1) is 13.0. The van der Waals surface area contributed by atoms with Gasteiger partial charge in [-0.2, -0.15) is 0 Å². The summed E-state index contributed by atoms with van der Waals surface area (Å²) < 4.78 is 5.66. The van der Waals surface area contributed by atoms with Crippen LogP contribution in [0.25, 0.3) is 0 Å². The smallest absolute Gasteiger partial charge is 0.276 e. The Labute approximate surface area is 120 Å². The van der Waals surface area contributed by atoms with Crippen molar-refractivity contribution in [2.24, 2.45) is 0 Å². The third-order valence-corrected chi connectivity index (χ3v) is 4.33. The Kier molecular flexibility index (Phi) is 4.06. The second-order valence-electron chi connectivity index (χ2n) is 4.44. The number of thioether (sulfide) groups is 1. The van der Waals surface area contributed by atoms with Crippen molar-refractivity contribution in [2.45, 2.75) is 29.9 Å². The van der Waals surface area contributed by atoms with Gasteiger partial charge in [0.2, 0.25) is 5.89 Å². The molecule has 3 rings (SSSR count). The van der Waals surface area contributed by atoms with Crippen LogP contribution in [-0.2, 0) is 5.75 Å². The predicted molar refractivity (Wildman–Crippen MR) is 75.3 cm³/mol. The van der Waals surface area contributed by atoms with Crippen molar-refractivity contribution >= 4 is 23.4 Å². The van der Waals surface area contributed by atoms with Crippen molar-refractivity contribution in [2.75, 3.05) is 6.54 Å². The first-order chi connectivity index (χ1) is 9.33. The zero-order chi connectivity index (χ0) is 13.1. The molecular formula is C13H14ClN3OS. The zero-order valence-electron chi connectivity index (χ0n) is 10.3. The molecule has 1 aliphatic rings. The average molecular weight is 296 g/mol. The molecule has 1 aromatic heterocycles. The Morgan fingerprint density at radius 2 is 2.26 bits per heavy atom. The fourth-order valence-corrected chi connectivity index (χ4v) is 3.13. The van der Waals surface area contributed by atoms with Gasteiger partial charge in [-0.05, 0) is 31.0 Å². The zero-order valence-corrected chi connectivity index (χ0v) is 11.9. The molecule has 0 unspecified atom stereocenters. The van der Waals surface area contributed by atoms with Crippen LogP contribution in [0.4, 0.5) is 0 Å². The molecule has 0 radical (unpaired) electrons. The summed E-state index contributed by atoms with van der Waals surface area (Å²) in [5, 5.41) is 12.9. The van der Waals surface area contributed by atoms with E-state index in [4.69, 9.17) is 16.0 Å². The topological polar surface area (TPSA) is 51.0 Å². The lowest BCUT2D eigenvalue weighted by Crippen LogP contribution is -2.12. The SMILES string of the molecule is Clc1ccccc1CSc1nnc([C@@H]2CCCN2)o1. The Morgan fingerprint density at radius 3 is 3.05 bits per heavy atom. The van der Waals surface area contributed by atoms with E-state index in [1.807, 2.05) is 24.3 Å². The summed E-state index contributed by atoms with van der Waals surface area (Å²) in [6.07, 6.45) is 2.23. The molecule has 19 heavy (non-hydrogen) atoms. The molecule has 2 heterocycles. The van der Waals surface area contributed by atoms with E-state index in [0.29, 0.717) is 11.1 Å². The molecule has 0 bridgehead atoms. The fraction of sp³-hybridized carbons (Fsp3) is 0.385. The predicted octanol–water partition coefficient (Wildman–Crippen LogP) is 3.44. The fourth-order valence-electron chi connectivity index (χ4n) is 2.07. The van der Waals surface area contributed by atoms with Crippen LogP contribution in [0.2, 0.25) is 5.02 Å². The molecule has 0 amide bonds. The molecule has 0 spiro atoms. The van der Waals surface area contributed by atoms with Crippen LogP contribution in [0.15, 0.2) is 33.9 Å². The summed E-state index contributed by atoms with van der Waals surface area (Å²) >= 11 is 7.62. The number of hydrogen-bond acceptors (Lipinski definition) is 5. The lowest BCUT2D eigenvalue weighted by molar-refractivity contribution is 0.374. The van der Waals surface area contributed by atoms with E-state index >= 15 is 0 Å². The third kappa shape index (κ3) is 3.11. The summed E-state index contributed by atoms with van der Waals surface area (Å²) in [6, 6.07) is 8.02. The molecular weight excluding hydrogens is 282 g/mol. The van der Waals surface area contributed by atoms with Crippen molar-refractivity contribution < 1.29 is 4.42 Å². The van der Waals surface area contributed by atoms with E-state index in [1.165, 1.54) is 11.8 Å². The lowest BCUT2D eigenvalue weighted by Gasteiger charge is -2.02. The number of halogens is 1. The maximum absolute atomic E-state index is 6.11. The molecule has 1 aromatic carbocycles. The molecule has 0 aliphatic carbocycles. The van der Waals surface area contributed by atoms with Gasteiger partial charge in [-0.25, -0.2) is 0 Å². The van der Waals surface area contributed by atoms with Crippen LogP contribution in [0.1, 0.15) is 30.3 Å². The van der Waals surface area contributed by atoms with E-state index in [0.717, 1.165) is 35.7 Å². The van der Waals surface area contributed by atoms with Crippen LogP contribution in [0.5, 0.6) is 0 Å². The van der Waals surface area contributed by atoms with E-state index in [1.54, 1.807) is 0 Å². The molecule has 6 heteroatoms. The van der Waals surface area contributed by atoms with Gasteiger partial charge in [-0.3, -0.25) is 0 Å². The largest absolute Gasteiger partial charge is 0.414 e. The molecule has 1 N–H and O–H groups in total.